The SMILES string of the molecule is O=C=NC1CCN(S(=O)(=O)c2ccc(Br)cc2F)CC1. The summed E-state index contributed by atoms with van der Waals surface area (Å²) in [4.78, 5) is 13.4. The third-order valence-corrected chi connectivity index (χ3v) is 5.60. The molecule has 0 N–H and O–H groups in total. The largest absolute Gasteiger partial charge is 0.245 e. The zero-order chi connectivity index (χ0) is 14.8. The maximum Gasteiger partial charge on any atom is 0.245 e. The normalized spacial score (nSPS) is 17.7. The van der Waals surface area contributed by atoms with Crippen LogP contribution in [0, 0.1) is 5.82 Å². The fourth-order valence-corrected chi connectivity index (χ4v) is 3.96. The van der Waals surface area contributed by atoms with Crippen LogP contribution in [0.15, 0.2) is 32.6 Å². The van der Waals surface area contributed by atoms with Gasteiger partial charge < -0.3 is 0 Å². The highest BCUT2D eigenvalue weighted by molar-refractivity contribution is 9.10. The fourth-order valence-electron chi connectivity index (χ4n) is 2.11. The minimum atomic E-state index is -3.85. The predicted molar refractivity (Wildman–Crippen MR) is 74.0 cm³/mol. The van der Waals surface area contributed by atoms with Gasteiger partial charge in [0.15, 0.2) is 0 Å². The van der Waals surface area contributed by atoms with Gasteiger partial charge in [-0.15, -0.1) is 0 Å². The summed E-state index contributed by atoms with van der Waals surface area (Å²) in [5.41, 5.74) is 0. The van der Waals surface area contributed by atoms with E-state index in [1.54, 1.807) is 0 Å². The molecule has 1 aromatic rings. The van der Waals surface area contributed by atoms with Crippen molar-refractivity contribution in [1.82, 2.24) is 4.31 Å². The molecule has 0 aromatic heterocycles. The van der Waals surface area contributed by atoms with Crippen LogP contribution in [-0.2, 0) is 14.8 Å². The van der Waals surface area contributed by atoms with E-state index in [-0.39, 0.29) is 24.0 Å². The molecule has 2 rings (SSSR count). The Bertz CT molecular complexity index is 651. The van der Waals surface area contributed by atoms with Crippen LogP contribution < -0.4 is 0 Å². The van der Waals surface area contributed by atoms with E-state index in [0.717, 1.165) is 6.07 Å². The Balaban J connectivity index is 2.21. The summed E-state index contributed by atoms with van der Waals surface area (Å²) in [6, 6.07) is 3.65. The third kappa shape index (κ3) is 3.15. The number of carbonyl (C=O) groups excluding carboxylic acids is 1. The number of nitrogens with zero attached hydrogens (tertiary/aromatic N) is 2. The van der Waals surface area contributed by atoms with Crippen LogP contribution in [0.1, 0.15) is 12.8 Å². The average molecular weight is 363 g/mol. The van der Waals surface area contributed by atoms with Crippen molar-refractivity contribution < 1.29 is 17.6 Å². The molecule has 1 fully saturated rings. The summed E-state index contributed by atoms with van der Waals surface area (Å²) in [5, 5.41) is 0. The van der Waals surface area contributed by atoms with E-state index in [1.807, 2.05) is 0 Å². The van der Waals surface area contributed by atoms with Crippen molar-refractivity contribution >= 4 is 32.0 Å². The number of hydrogen-bond donors (Lipinski definition) is 0. The molecule has 0 bridgehead atoms. The van der Waals surface area contributed by atoms with Gasteiger partial charge in [0.05, 0.1) is 6.04 Å². The van der Waals surface area contributed by atoms with Crippen molar-refractivity contribution in [1.29, 1.82) is 0 Å². The molecule has 1 aliphatic rings. The minimum Gasteiger partial charge on any atom is -0.211 e. The van der Waals surface area contributed by atoms with Crippen molar-refractivity contribution in [2.45, 2.75) is 23.8 Å². The second kappa shape index (κ2) is 6.13. The lowest BCUT2D eigenvalue weighted by Gasteiger charge is -2.28. The second-order valence-electron chi connectivity index (χ2n) is 4.43. The van der Waals surface area contributed by atoms with Crippen LogP contribution >= 0.6 is 15.9 Å². The lowest BCUT2D eigenvalue weighted by molar-refractivity contribution is 0.319. The summed E-state index contributed by atoms with van der Waals surface area (Å²) in [7, 11) is -3.85. The molecule has 0 spiro atoms. The van der Waals surface area contributed by atoms with E-state index >= 15 is 0 Å². The maximum absolute atomic E-state index is 13.8. The van der Waals surface area contributed by atoms with Gasteiger partial charge in [0, 0.05) is 17.6 Å². The second-order valence-corrected chi connectivity index (χ2v) is 7.25. The number of hydrogen-bond acceptors (Lipinski definition) is 4. The highest BCUT2D eigenvalue weighted by Crippen LogP contribution is 2.25. The van der Waals surface area contributed by atoms with Gasteiger partial charge in [-0.05, 0) is 31.0 Å². The first-order chi connectivity index (χ1) is 9.45. The lowest BCUT2D eigenvalue weighted by Crippen LogP contribution is -2.39. The summed E-state index contributed by atoms with van der Waals surface area (Å²) in [5.74, 6) is -0.785. The van der Waals surface area contributed by atoms with Gasteiger partial charge in [0.1, 0.15) is 10.7 Å². The molecule has 5 nitrogen and oxygen atoms in total. The quantitative estimate of drug-likeness (QED) is 0.610. The third-order valence-electron chi connectivity index (χ3n) is 3.17. The number of halogens is 2. The molecule has 1 heterocycles. The predicted octanol–water partition coefficient (Wildman–Crippen LogP) is 2.08. The molecule has 0 amide bonds. The van der Waals surface area contributed by atoms with E-state index in [9.17, 15) is 17.6 Å². The van der Waals surface area contributed by atoms with Crippen molar-refractivity contribution in [3.8, 4) is 0 Å². The average Bonchev–Trinajstić information content (AvgIpc) is 2.39. The van der Waals surface area contributed by atoms with E-state index in [1.165, 1.54) is 22.5 Å². The Hall–Kier alpha value is -1.08. The van der Waals surface area contributed by atoms with E-state index < -0.39 is 15.8 Å². The zero-order valence-corrected chi connectivity index (χ0v) is 12.8. The molecule has 0 unspecified atom stereocenters. The van der Waals surface area contributed by atoms with Crippen LogP contribution in [-0.4, -0.2) is 37.9 Å². The highest BCUT2D eigenvalue weighted by Gasteiger charge is 2.31. The fraction of sp³-hybridized carbons (Fsp3) is 0.417. The molecule has 0 saturated carbocycles. The highest BCUT2D eigenvalue weighted by atomic mass is 79.9. The Morgan fingerprint density at radius 1 is 1.35 bits per heavy atom. The van der Waals surface area contributed by atoms with Gasteiger partial charge in [0.2, 0.25) is 16.1 Å². The Morgan fingerprint density at radius 2 is 2.00 bits per heavy atom. The van der Waals surface area contributed by atoms with Gasteiger partial charge in [-0.2, -0.15) is 4.31 Å². The number of isocyanates is 1. The van der Waals surface area contributed by atoms with E-state index in [0.29, 0.717) is 17.3 Å². The number of piperidine rings is 1. The van der Waals surface area contributed by atoms with Gasteiger partial charge in [-0.3, -0.25) is 0 Å². The van der Waals surface area contributed by atoms with Crippen LogP contribution in [0.5, 0.6) is 0 Å². The van der Waals surface area contributed by atoms with Crippen molar-refractivity contribution in [3.05, 3.63) is 28.5 Å². The molecule has 0 radical (unpaired) electrons. The Kier molecular flexibility index (Phi) is 4.70. The molecule has 8 heteroatoms. The summed E-state index contributed by atoms with van der Waals surface area (Å²) in [6.45, 7) is 0.432. The monoisotopic (exact) mass is 362 g/mol. The van der Waals surface area contributed by atoms with Crippen LogP contribution in [0.25, 0.3) is 0 Å². The first kappa shape index (κ1) is 15.3. The van der Waals surface area contributed by atoms with E-state index in [4.69, 9.17) is 0 Å². The zero-order valence-electron chi connectivity index (χ0n) is 10.4. The summed E-state index contributed by atoms with van der Waals surface area (Å²) >= 11 is 3.09. The van der Waals surface area contributed by atoms with Gasteiger partial charge in [-0.1, -0.05) is 15.9 Å². The van der Waals surface area contributed by atoms with Gasteiger partial charge in [-0.25, -0.2) is 22.6 Å². The number of aliphatic imine (C=N–C) groups is 1. The molecule has 0 atom stereocenters. The van der Waals surface area contributed by atoms with Crippen molar-refractivity contribution in [3.63, 3.8) is 0 Å². The molecule has 1 aliphatic heterocycles. The Morgan fingerprint density at radius 3 is 2.55 bits per heavy atom. The molecule has 20 heavy (non-hydrogen) atoms. The number of sulfonamides is 1. The van der Waals surface area contributed by atoms with Gasteiger partial charge in [0.25, 0.3) is 0 Å². The number of rotatable bonds is 3. The molecular weight excluding hydrogens is 351 g/mol. The first-order valence-electron chi connectivity index (χ1n) is 5.97. The van der Waals surface area contributed by atoms with E-state index in [2.05, 4.69) is 20.9 Å². The Labute approximate surface area is 124 Å². The minimum absolute atomic E-state index is 0.200. The first-order valence-corrected chi connectivity index (χ1v) is 8.20. The van der Waals surface area contributed by atoms with Crippen molar-refractivity contribution in [2.24, 2.45) is 4.99 Å². The van der Waals surface area contributed by atoms with Crippen LogP contribution in [0.4, 0.5) is 4.39 Å². The molecule has 1 saturated heterocycles. The molecule has 0 aliphatic carbocycles. The summed E-state index contributed by atoms with van der Waals surface area (Å²) in [6.07, 6.45) is 2.35. The smallest absolute Gasteiger partial charge is 0.211 e. The maximum atomic E-state index is 13.8. The number of benzene rings is 1. The van der Waals surface area contributed by atoms with Crippen LogP contribution in [0.2, 0.25) is 0 Å². The topological polar surface area (TPSA) is 66.8 Å². The molecular formula is C12H12BrFN2O3S. The lowest BCUT2D eigenvalue weighted by atomic mass is 10.1. The standard InChI is InChI=1S/C12H12BrFN2O3S/c13-9-1-2-12(11(14)7-9)20(18,19)16-5-3-10(4-6-16)15-8-17/h1-2,7,10H,3-6H2. The van der Waals surface area contributed by atoms with Crippen LogP contribution in [0.3, 0.4) is 0 Å². The molecule has 108 valence electrons. The van der Waals surface area contributed by atoms with Gasteiger partial charge >= 0.3 is 0 Å². The van der Waals surface area contributed by atoms with Crippen molar-refractivity contribution in [2.75, 3.05) is 13.1 Å². The summed E-state index contributed by atoms with van der Waals surface area (Å²) < 4.78 is 40.2. The molecule has 1 aromatic carbocycles.